The van der Waals surface area contributed by atoms with Gasteiger partial charge in [0.15, 0.2) is 0 Å². The minimum atomic E-state index is 0.0489. The molecule has 2 N–H and O–H groups in total. The molecule has 1 aromatic rings. The van der Waals surface area contributed by atoms with Crippen LogP contribution >= 0.6 is 11.6 Å². The Balaban J connectivity index is 1.83. The summed E-state index contributed by atoms with van der Waals surface area (Å²) in [5.74, 6) is 0.0489. The van der Waals surface area contributed by atoms with Gasteiger partial charge in [0.2, 0.25) is 5.91 Å². The Labute approximate surface area is 119 Å². The Morgan fingerprint density at radius 3 is 2.74 bits per heavy atom. The third-order valence-electron chi connectivity index (χ3n) is 3.83. The van der Waals surface area contributed by atoms with Crippen LogP contribution in [0.15, 0.2) is 24.3 Å². The highest BCUT2D eigenvalue weighted by molar-refractivity contribution is 6.31. The van der Waals surface area contributed by atoms with Crippen LogP contribution in [-0.2, 0) is 11.2 Å². The first-order valence-electron chi connectivity index (χ1n) is 6.80. The molecule has 1 aromatic carbocycles. The number of benzene rings is 1. The van der Waals surface area contributed by atoms with E-state index in [9.17, 15) is 4.79 Å². The van der Waals surface area contributed by atoms with E-state index in [2.05, 4.69) is 17.6 Å². The fourth-order valence-corrected chi connectivity index (χ4v) is 2.60. The van der Waals surface area contributed by atoms with Crippen molar-refractivity contribution in [2.45, 2.75) is 26.2 Å². The lowest BCUT2D eigenvalue weighted by Crippen LogP contribution is -2.43. The highest BCUT2D eigenvalue weighted by Gasteiger charge is 2.26. The van der Waals surface area contributed by atoms with E-state index in [0.717, 1.165) is 38.0 Å². The fourth-order valence-electron chi connectivity index (χ4n) is 2.40. The van der Waals surface area contributed by atoms with Crippen molar-refractivity contribution in [1.82, 2.24) is 10.6 Å². The minimum Gasteiger partial charge on any atom is -0.355 e. The average molecular weight is 281 g/mol. The van der Waals surface area contributed by atoms with Gasteiger partial charge in [0.05, 0.1) is 6.42 Å². The number of carbonyl (C=O) groups is 1. The summed E-state index contributed by atoms with van der Waals surface area (Å²) in [6, 6.07) is 7.49. The van der Waals surface area contributed by atoms with Crippen LogP contribution in [0, 0.1) is 5.41 Å². The Kier molecular flexibility index (Phi) is 4.83. The normalized spacial score (nSPS) is 18.0. The molecule has 104 valence electrons. The maximum Gasteiger partial charge on any atom is 0.224 e. The van der Waals surface area contributed by atoms with Crippen molar-refractivity contribution < 1.29 is 4.79 Å². The number of rotatable bonds is 4. The molecule has 0 bridgehead atoms. The van der Waals surface area contributed by atoms with E-state index in [0.29, 0.717) is 11.4 Å². The molecular formula is C15H21ClN2O. The highest BCUT2D eigenvalue weighted by Crippen LogP contribution is 2.26. The molecule has 0 atom stereocenters. The molecule has 1 aliphatic rings. The lowest BCUT2D eigenvalue weighted by molar-refractivity contribution is -0.121. The molecular weight excluding hydrogens is 260 g/mol. The van der Waals surface area contributed by atoms with Crippen molar-refractivity contribution >= 4 is 17.5 Å². The molecule has 3 nitrogen and oxygen atoms in total. The predicted molar refractivity (Wildman–Crippen MR) is 78.4 cm³/mol. The molecule has 1 saturated heterocycles. The number of hydrogen-bond donors (Lipinski definition) is 2. The van der Waals surface area contributed by atoms with E-state index >= 15 is 0 Å². The van der Waals surface area contributed by atoms with Gasteiger partial charge in [-0.25, -0.2) is 0 Å². The van der Waals surface area contributed by atoms with Gasteiger partial charge in [-0.1, -0.05) is 36.7 Å². The van der Waals surface area contributed by atoms with Crippen LogP contribution < -0.4 is 10.6 Å². The number of halogens is 1. The Hall–Kier alpha value is -1.06. The molecule has 19 heavy (non-hydrogen) atoms. The SMILES string of the molecule is CC1(CNC(=O)Cc2ccccc2Cl)CCNCC1. The number of nitrogens with one attached hydrogen (secondary N) is 2. The molecule has 0 aromatic heterocycles. The maximum atomic E-state index is 12.0. The summed E-state index contributed by atoms with van der Waals surface area (Å²) in [5.41, 5.74) is 1.11. The first-order chi connectivity index (χ1) is 9.09. The van der Waals surface area contributed by atoms with E-state index in [1.165, 1.54) is 0 Å². The zero-order chi connectivity index (χ0) is 13.7. The zero-order valence-electron chi connectivity index (χ0n) is 11.3. The molecule has 1 heterocycles. The molecule has 0 saturated carbocycles. The summed E-state index contributed by atoms with van der Waals surface area (Å²) in [4.78, 5) is 12.0. The van der Waals surface area contributed by atoms with Gasteiger partial charge < -0.3 is 10.6 Å². The van der Waals surface area contributed by atoms with Crippen molar-refractivity contribution in [2.75, 3.05) is 19.6 Å². The molecule has 4 heteroatoms. The van der Waals surface area contributed by atoms with E-state index in [1.54, 1.807) is 0 Å². The van der Waals surface area contributed by atoms with Crippen molar-refractivity contribution in [1.29, 1.82) is 0 Å². The van der Waals surface area contributed by atoms with Crippen molar-refractivity contribution in [3.8, 4) is 0 Å². The third kappa shape index (κ3) is 4.22. The molecule has 1 aliphatic heterocycles. The predicted octanol–water partition coefficient (Wildman–Crippen LogP) is 2.39. The van der Waals surface area contributed by atoms with Crippen LogP contribution in [0.1, 0.15) is 25.3 Å². The largest absolute Gasteiger partial charge is 0.355 e. The van der Waals surface area contributed by atoms with Gasteiger partial charge in [-0.15, -0.1) is 0 Å². The van der Waals surface area contributed by atoms with E-state index < -0.39 is 0 Å². The van der Waals surface area contributed by atoms with Crippen molar-refractivity contribution in [3.05, 3.63) is 34.9 Å². The second-order valence-electron chi connectivity index (χ2n) is 5.61. The van der Waals surface area contributed by atoms with Crippen LogP contribution in [0.4, 0.5) is 0 Å². The average Bonchev–Trinajstić information content (AvgIpc) is 2.40. The molecule has 0 unspecified atom stereocenters. The smallest absolute Gasteiger partial charge is 0.224 e. The van der Waals surface area contributed by atoms with Gasteiger partial charge >= 0.3 is 0 Å². The van der Waals surface area contributed by atoms with Gasteiger partial charge in [0, 0.05) is 11.6 Å². The zero-order valence-corrected chi connectivity index (χ0v) is 12.1. The summed E-state index contributed by atoms with van der Waals surface area (Å²) < 4.78 is 0. The minimum absolute atomic E-state index is 0.0489. The maximum absolute atomic E-state index is 12.0. The lowest BCUT2D eigenvalue weighted by Gasteiger charge is -2.34. The van der Waals surface area contributed by atoms with Crippen LogP contribution in [0.2, 0.25) is 5.02 Å². The van der Waals surface area contributed by atoms with E-state index in [4.69, 9.17) is 11.6 Å². The van der Waals surface area contributed by atoms with Crippen LogP contribution in [-0.4, -0.2) is 25.5 Å². The molecule has 2 rings (SSSR count). The second kappa shape index (κ2) is 6.40. The number of carbonyl (C=O) groups excluding carboxylic acids is 1. The lowest BCUT2D eigenvalue weighted by atomic mass is 9.81. The van der Waals surface area contributed by atoms with Crippen LogP contribution in [0.3, 0.4) is 0 Å². The quantitative estimate of drug-likeness (QED) is 0.889. The fraction of sp³-hybridized carbons (Fsp3) is 0.533. The summed E-state index contributed by atoms with van der Waals surface area (Å²) >= 11 is 6.06. The molecule has 0 radical (unpaired) electrons. The Morgan fingerprint density at radius 2 is 2.05 bits per heavy atom. The van der Waals surface area contributed by atoms with Crippen molar-refractivity contribution in [2.24, 2.45) is 5.41 Å². The van der Waals surface area contributed by atoms with Gasteiger partial charge in [0.25, 0.3) is 0 Å². The Morgan fingerprint density at radius 1 is 1.37 bits per heavy atom. The van der Waals surface area contributed by atoms with Crippen LogP contribution in [0.5, 0.6) is 0 Å². The molecule has 1 amide bonds. The number of amides is 1. The third-order valence-corrected chi connectivity index (χ3v) is 4.20. The highest BCUT2D eigenvalue weighted by atomic mass is 35.5. The Bertz CT molecular complexity index is 442. The van der Waals surface area contributed by atoms with Crippen molar-refractivity contribution in [3.63, 3.8) is 0 Å². The summed E-state index contributed by atoms with van der Waals surface area (Å²) in [6.07, 6.45) is 2.58. The first-order valence-corrected chi connectivity index (χ1v) is 7.18. The molecule has 1 fully saturated rings. The first kappa shape index (κ1) is 14.4. The number of piperidine rings is 1. The molecule has 0 spiro atoms. The number of hydrogen-bond acceptors (Lipinski definition) is 2. The topological polar surface area (TPSA) is 41.1 Å². The standard InChI is InChI=1S/C15H21ClN2O/c1-15(6-8-17-9-7-15)11-18-14(19)10-12-4-2-3-5-13(12)16/h2-5,17H,6-11H2,1H3,(H,18,19). The van der Waals surface area contributed by atoms with E-state index in [1.807, 2.05) is 24.3 Å². The molecule has 0 aliphatic carbocycles. The second-order valence-corrected chi connectivity index (χ2v) is 6.01. The van der Waals surface area contributed by atoms with E-state index in [-0.39, 0.29) is 11.3 Å². The summed E-state index contributed by atoms with van der Waals surface area (Å²) in [5, 5.41) is 7.05. The van der Waals surface area contributed by atoms with Gasteiger partial charge in [0.1, 0.15) is 0 Å². The van der Waals surface area contributed by atoms with Gasteiger partial charge in [-0.2, -0.15) is 0 Å². The van der Waals surface area contributed by atoms with Gasteiger partial charge in [-0.05, 0) is 43.0 Å². The summed E-state index contributed by atoms with van der Waals surface area (Å²) in [7, 11) is 0. The monoisotopic (exact) mass is 280 g/mol. The summed E-state index contributed by atoms with van der Waals surface area (Å²) in [6.45, 7) is 5.06. The van der Waals surface area contributed by atoms with Gasteiger partial charge in [-0.3, -0.25) is 4.79 Å². The van der Waals surface area contributed by atoms with Crippen LogP contribution in [0.25, 0.3) is 0 Å².